The van der Waals surface area contributed by atoms with E-state index in [2.05, 4.69) is 27.3 Å². The van der Waals surface area contributed by atoms with Crippen molar-refractivity contribution in [3.05, 3.63) is 95.3 Å². The van der Waals surface area contributed by atoms with E-state index < -0.39 is 5.95 Å². The van der Waals surface area contributed by atoms with Gasteiger partial charge < -0.3 is 9.47 Å². The molecule has 1 amide bonds. The largest absolute Gasteiger partial charge is 0.363 e. The average Bonchev–Trinajstić information content (AvgIpc) is 3.55. The summed E-state index contributed by atoms with van der Waals surface area (Å²) in [5.41, 5.74) is 3.40. The number of rotatable bonds is 6. The summed E-state index contributed by atoms with van der Waals surface area (Å²) < 4.78 is 15.2. The number of hydrogen-bond acceptors (Lipinski definition) is 5. The van der Waals surface area contributed by atoms with E-state index in [1.54, 1.807) is 29.0 Å². The van der Waals surface area contributed by atoms with Gasteiger partial charge in [-0.2, -0.15) is 4.39 Å². The van der Waals surface area contributed by atoms with Gasteiger partial charge >= 0.3 is 0 Å². The van der Waals surface area contributed by atoms with Gasteiger partial charge in [0.15, 0.2) is 5.13 Å². The van der Waals surface area contributed by atoms with Crippen molar-refractivity contribution >= 4 is 28.1 Å². The van der Waals surface area contributed by atoms with E-state index in [9.17, 15) is 9.18 Å². The second kappa shape index (κ2) is 8.92. The summed E-state index contributed by atoms with van der Waals surface area (Å²) in [4.78, 5) is 23.6. The van der Waals surface area contributed by atoms with Gasteiger partial charge in [0.25, 0.3) is 5.91 Å². The maximum atomic E-state index is 13.4. The molecule has 0 spiro atoms. The van der Waals surface area contributed by atoms with Gasteiger partial charge in [0, 0.05) is 36.6 Å². The number of anilines is 2. The van der Waals surface area contributed by atoms with E-state index in [1.807, 2.05) is 23.6 Å². The number of benzene rings is 1. The Hall–Kier alpha value is -3.52. The van der Waals surface area contributed by atoms with E-state index in [4.69, 9.17) is 4.98 Å². The normalized spacial score (nSPS) is 15.8. The average molecular weight is 448 g/mol. The van der Waals surface area contributed by atoms with Crippen LogP contribution < -0.4 is 10.2 Å². The van der Waals surface area contributed by atoms with Crippen LogP contribution in [0.4, 0.5) is 15.2 Å². The highest BCUT2D eigenvalue weighted by molar-refractivity contribution is 7.14. The summed E-state index contributed by atoms with van der Waals surface area (Å²) >= 11 is 1.43. The molecule has 4 aromatic rings. The molecule has 0 bridgehead atoms. The van der Waals surface area contributed by atoms with E-state index in [0.717, 1.165) is 30.6 Å². The highest BCUT2D eigenvalue weighted by atomic mass is 32.1. The Labute approximate surface area is 189 Å². The first kappa shape index (κ1) is 20.4. The van der Waals surface area contributed by atoms with Crippen molar-refractivity contribution in [1.29, 1.82) is 0 Å². The highest BCUT2D eigenvalue weighted by Gasteiger charge is 2.28. The molecule has 0 unspecified atom stereocenters. The van der Waals surface area contributed by atoms with Gasteiger partial charge in [0.1, 0.15) is 5.69 Å². The molecule has 1 aliphatic heterocycles. The lowest BCUT2D eigenvalue weighted by Crippen LogP contribution is -2.22. The van der Waals surface area contributed by atoms with Gasteiger partial charge in [-0.05, 0) is 54.8 Å². The topological polar surface area (TPSA) is 63.1 Å². The van der Waals surface area contributed by atoms with Crippen molar-refractivity contribution in [2.45, 2.75) is 25.4 Å². The fourth-order valence-electron chi connectivity index (χ4n) is 4.16. The van der Waals surface area contributed by atoms with Gasteiger partial charge in [-0.25, -0.2) is 9.97 Å². The molecule has 8 heteroatoms. The van der Waals surface area contributed by atoms with Crippen LogP contribution in [0.25, 0.3) is 0 Å². The number of carbonyl (C=O) groups is 1. The van der Waals surface area contributed by atoms with Crippen molar-refractivity contribution in [1.82, 2.24) is 14.5 Å². The quantitative estimate of drug-likeness (QED) is 0.417. The third kappa shape index (κ3) is 4.27. The first-order valence-electron chi connectivity index (χ1n) is 10.5. The fourth-order valence-corrected chi connectivity index (χ4v) is 4.91. The number of amides is 1. The van der Waals surface area contributed by atoms with Crippen molar-refractivity contribution < 1.29 is 9.18 Å². The van der Waals surface area contributed by atoms with Gasteiger partial charge in [-0.15, -0.1) is 11.3 Å². The number of nitrogens with zero attached hydrogens (tertiary/aromatic N) is 4. The molecule has 1 N–H and O–H groups in total. The summed E-state index contributed by atoms with van der Waals surface area (Å²) in [6, 6.07) is 17.2. The maximum Gasteiger partial charge on any atom is 0.274 e. The number of pyridine rings is 1. The molecular formula is C24H22FN5OS. The van der Waals surface area contributed by atoms with Gasteiger partial charge in [0.05, 0.1) is 11.7 Å². The Balaban J connectivity index is 1.29. The minimum absolute atomic E-state index is 0.213. The van der Waals surface area contributed by atoms with Crippen LogP contribution in [0.5, 0.6) is 0 Å². The molecule has 1 atom stereocenters. The summed E-state index contributed by atoms with van der Waals surface area (Å²) in [6.45, 7) is 1.38. The highest BCUT2D eigenvalue weighted by Crippen LogP contribution is 2.37. The minimum atomic E-state index is -0.535. The van der Waals surface area contributed by atoms with E-state index >= 15 is 0 Å². The molecule has 1 aromatic carbocycles. The Bertz CT molecular complexity index is 1220. The summed E-state index contributed by atoms with van der Waals surface area (Å²) in [7, 11) is 0. The summed E-state index contributed by atoms with van der Waals surface area (Å²) in [6.07, 6.45) is 5.38. The van der Waals surface area contributed by atoms with Crippen molar-refractivity contribution in [3.8, 4) is 0 Å². The molecule has 6 nitrogen and oxygen atoms in total. The third-order valence-electron chi connectivity index (χ3n) is 5.63. The zero-order valence-electron chi connectivity index (χ0n) is 17.3. The van der Waals surface area contributed by atoms with Crippen molar-refractivity contribution in [2.24, 2.45) is 0 Å². The Morgan fingerprint density at radius 2 is 2.06 bits per heavy atom. The van der Waals surface area contributed by atoms with Crippen LogP contribution in [-0.2, 0) is 6.54 Å². The molecule has 1 saturated heterocycles. The molecule has 3 aromatic heterocycles. The fraction of sp³-hybridized carbons (Fsp3) is 0.208. The van der Waals surface area contributed by atoms with Crippen LogP contribution in [0, 0.1) is 5.95 Å². The van der Waals surface area contributed by atoms with Gasteiger partial charge in [-0.1, -0.05) is 18.2 Å². The molecule has 0 aliphatic carbocycles. The number of hydrogen-bond donors (Lipinski definition) is 1. The Kier molecular flexibility index (Phi) is 5.68. The standard InChI is InChI=1S/C24H22FN5OS/c25-22-14-17(10-11-26-22)15-29-12-4-9-21(29)23(31)28-24-27-19(16-32-24)20-8-5-13-30(20)18-6-2-1-3-7-18/h1-4,6-7,9-12,14,16,20H,5,8,13,15H2,(H,27,28,31)/t20-/m1/s1. The number of thiazole rings is 1. The van der Waals surface area contributed by atoms with Crippen LogP contribution in [0.2, 0.25) is 0 Å². The summed E-state index contributed by atoms with van der Waals surface area (Å²) in [5, 5.41) is 5.53. The van der Waals surface area contributed by atoms with Gasteiger partial charge in [-0.3, -0.25) is 10.1 Å². The number of para-hydroxylation sites is 1. The van der Waals surface area contributed by atoms with E-state index in [-0.39, 0.29) is 11.9 Å². The molecule has 32 heavy (non-hydrogen) atoms. The van der Waals surface area contributed by atoms with Crippen LogP contribution in [0.3, 0.4) is 0 Å². The number of nitrogens with one attached hydrogen (secondary N) is 1. The van der Waals surface area contributed by atoms with Crippen LogP contribution in [-0.4, -0.2) is 27.0 Å². The second-order valence-corrected chi connectivity index (χ2v) is 8.58. The summed E-state index contributed by atoms with van der Waals surface area (Å²) in [5.74, 6) is -0.774. The SMILES string of the molecule is O=C(Nc1nc([C@H]2CCCN2c2ccccc2)cs1)c1cccn1Cc1ccnc(F)c1. The number of carbonyl (C=O) groups excluding carboxylic acids is 1. The number of aromatic nitrogens is 3. The lowest BCUT2D eigenvalue weighted by Gasteiger charge is -2.25. The molecule has 0 radical (unpaired) electrons. The van der Waals surface area contributed by atoms with E-state index in [1.165, 1.54) is 29.3 Å². The predicted octanol–water partition coefficient (Wildman–Crippen LogP) is 5.12. The molecule has 0 saturated carbocycles. The second-order valence-electron chi connectivity index (χ2n) is 7.73. The zero-order valence-corrected chi connectivity index (χ0v) is 18.1. The molecular weight excluding hydrogens is 425 g/mol. The first-order chi connectivity index (χ1) is 15.7. The van der Waals surface area contributed by atoms with Gasteiger partial charge in [0.2, 0.25) is 5.95 Å². The zero-order chi connectivity index (χ0) is 21.9. The maximum absolute atomic E-state index is 13.4. The van der Waals surface area contributed by atoms with Crippen LogP contribution >= 0.6 is 11.3 Å². The molecule has 162 valence electrons. The predicted molar refractivity (Wildman–Crippen MR) is 124 cm³/mol. The van der Waals surface area contributed by atoms with Crippen molar-refractivity contribution in [2.75, 3.05) is 16.8 Å². The molecule has 5 rings (SSSR count). The minimum Gasteiger partial charge on any atom is -0.363 e. The lowest BCUT2D eigenvalue weighted by molar-refractivity contribution is 0.101. The number of halogens is 1. The smallest absolute Gasteiger partial charge is 0.274 e. The molecule has 1 fully saturated rings. The Morgan fingerprint density at radius 3 is 2.91 bits per heavy atom. The monoisotopic (exact) mass is 447 g/mol. The lowest BCUT2D eigenvalue weighted by atomic mass is 10.1. The van der Waals surface area contributed by atoms with Crippen LogP contribution in [0.15, 0.2) is 72.4 Å². The first-order valence-corrected chi connectivity index (χ1v) is 11.4. The third-order valence-corrected chi connectivity index (χ3v) is 6.41. The van der Waals surface area contributed by atoms with E-state index in [0.29, 0.717) is 17.4 Å². The Morgan fingerprint density at radius 1 is 1.19 bits per heavy atom. The van der Waals surface area contributed by atoms with Crippen LogP contribution in [0.1, 0.15) is 40.6 Å². The molecule has 4 heterocycles. The molecule has 1 aliphatic rings. The van der Waals surface area contributed by atoms with Crippen molar-refractivity contribution in [3.63, 3.8) is 0 Å².